The van der Waals surface area contributed by atoms with Gasteiger partial charge >= 0.3 is 0 Å². The minimum Gasteiger partial charge on any atom is -0.366 e. The Kier molecular flexibility index (Phi) is 2.52. The number of carbonyl (C=O) groups excluding carboxylic acids is 1. The number of benzene rings is 2. The van der Waals surface area contributed by atoms with Gasteiger partial charge in [-0.3, -0.25) is 4.79 Å². The molecule has 0 bridgehead atoms. The third kappa shape index (κ3) is 1.75. The molecule has 1 aromatic heterocycles. The van der Waals surface area contributed by atoms with Crippen LogP contribution >= 0.6 is 15.9 Å². The molecule has 0 radical (unpaired) electrons. The van der Waals surface area contributed by atoms with Crippen LogP contribution in [0.15, 0.2) is 46.9 Å². The number of rotatable bonds is 1. The minimum absolute atomic E-state index is 0.454. The van der Waals surface area contributed by atoms with E-state index in [4.69, 9.17) is 5.73 Å². The first kappa shape index (κ1) is 11.2. The predicted octanol–water partition coefficient (Wildman–Crippen LogP) is 3.25. The third-order valence-corrected chi connectivity index (χ3v) is 3.36. The second-order valence-electron chi connectivity index (χ2n) is 4.07. The Balaban J connectivity index is 2.44. The number of nitrogens with two attached hydrogens (primary N) is 1. The molecule has 0 saturated carbocycles. The number of hydrogen-bond donors (Lipinski definition) is 1. The van der Waals surface area contributed by atoms with Gasteiger partial charge in [0, 0.05) is 15.2 Å². The molecule has 0 unspecified atom stereocenters. The zero-order valence-electron chi connectivity index (χ0n) is 9.35. The van der Waals surface area contributed by atoms with Crippen LogP contribution in [0.4, 0.5) is 0 Å². The maximum absolute atomic E-state index is 11.4. The van der Waals surface area contributed by atoms with E-state index in [1.165, 1.54) is 0 Å². The monoisotopic (exact) mass is 300 g/mol. The van der Waals surface area contributed by atoms with Crippen LogP contribution in [0.1, 0.15) is 10.4 Å². The van der Waals surface area contributed by atoms with E-state index in [1.807, 2.05) is 36.4 Å². The fraction of sp³-hybridized carbons (Fsp3) is 0. The second-order valence-corrected chi connectivity index (χ2v) is 4.98. The Hall–Kier alpha value is -1.94. The number of fused-ring (bicyclic) bond motifs is 2. The molecule has 0 aliphatic carbocycles. The van der Waals surface area contributed by atoms with Gasteiger partial charge in [0.05, 0.1) is 16.6 Å². The molecule has 2 N–H and O–H groups in total. The van der Waals surface area contributed by atoms with Crippen LogP contribution in [0.25, 0.3) is 21.8 Å². The van der Waals surface area contributed by atoms with E-state index >= 15 is 0 Å². The SMILES string of the molecule is NC(=O)c1cccc2cc3cc(Br)ccc3nc12. The number of primary amides is 1. The first-order valence-corrected chi connectivity index (χ1v) is 6.23. The molecule has 0 fully saturated rings. The van der Waals surface area contributed by atoms with Gasteiger partial charge in [-0.1, -0.05) is 28.1 Å². The van der Waals surface area contributed by atoms with Crippen LogP contribution in [-0.2, 0) is 0 Å². The van der Waals surface area contributed by atoms with Crippen LogP contribution in [0, 0.1) is 0 Å². The number of para-hydroxylation sites is 1. The topological polar surface area (TPSA) is 56.0 Å². The van der Waals surface area contributed by atoms with Gasteiger partial charge in [0.25, 0.3) is 5.91 Å². The molecule has 0 atom stereocenters. The van der Waals surface area contributed by atoms with Crippen LogP contribution in [0.2, 0.25) is 0 Å². The minimum atomic E-state index is -0.454. The van der Waals surface area contributed by atoms with E-state index in [9.17, 15) is 4.79 Å². The van der Waals surface area contributed by atoms with E-state index in [0.29, 0.717) is 11.1 Å². The molecule has 3 rings (SSSR count). The lowest BCUT2D eigenvalue weighted by molar-refractivity contribution is 0.100. The summed E-state index contributed by atoms with van der Waals surface area (Å²) in [6.45, 7) is 0. The highest BCUT2D eigenvalue weighted by Gasteiger charge is 2.08. The third-order valence-electron chi connectivity index (χ3n) is 2.87. The Morgan fingerprint density at radius 2 is 1.94 bits per heavy atom. The van der Waals surface area contributed by atoms with Crippen molar-refractivity contribution in [3.05, 3.63) is 52.5 Å². The molecule has 0 aliphatic heterocycles. The fourth-order valence-corrected chi connectivity index (χ4v) is 2.41. The van der Waals surface area contributed by atoms with E-state index < -0.39 is 5.91 Å². The van der Waals surface area contributed by atoms with Gasteiger partial charge in [-0.15, -0.1) is 0 Å². The zero-order valence-corrected chi connectivity index (χ0v) is 10.9. The van der Waals surface area contributed by atoms with E-state index in [-0.39, 0.29) is 0 Å². The average molecular weight is 301 g/mol. The molecule has 1 amide bonds. The predicted molar refractivity (Wildman–Crippen MR) is 75.5 cm³/mol. The van der Waals surface area contributed by atoms with Gasteiger partial charge < -0.3 is 5.73 Å². The highest BCUT2D eigenvalue weighted by atomic mass is 79.9. The standard InChI is InChI=1S/C14H9BrN2O/c15-10-4-5-12-9(7-10)6-8-2-1-3-11(14(16)18)13(8)17-12/h1-7H,(H2,16,18). The van der Waals surface area contributed by atoms with Crippen molar-refractivity contribution in [1.29, 1.82) is 0 Å². The van der Waals surface area contributed by atoms with Gasteiger partial charge in [0.15, 0.2) is 0 Å². The molecule has 0 aliphatic rings. The molecular formula is C14H9BrN2O. The van der Waals surface area contributed by atoms with E-state index in [2.05, 4.69) is 20.9 Å². The summed E-state index contributed by atoms with van der Waals surface area (Å²) in [5.74, 6) is -0.454. The van der Waals surface area contributed by atoms with Gasteiger partial charge in [-0.05, 0) is 30.3 Å². The normalized spacial score (nSPS) is 10.9. The maximum Gasteiger partial charge on any atom is 0.250 e. The second kappa shape index (κ2) is 4.07. The zero-order chi connectivity index (χ0) is 12.7. The van der Waals surface area contributed by atoms with Gasteiger partial charge in [0.1, 0.15) is 0 Å². The van der Waals surface area contributed by atoms with Crippen molar-refractivity contribution in [2.24, 2.45) is 5.73 Å². The van der Waals surface area contributed by atoms with Crippen molar-refractivity contribution in [3.8, 4) is 0 Å². The first-order chi connectivity index (χ1) is 8.65. The number of carbonyl (C=O) groups is 1. The van der Waals surface area contributed by atoms with Gasteiger partial charge in [-0.2, -0.15) is 0 Å². The van der Waals surface area contributed by atoms with Gasteiger partial charge in [0.2, 0.25) is 0 Å². The number of pyridine rings is 1. The summed E-state index contributed by atoms with van der Waals surface area (Å²) in [5.41, 5.74) is 7.32. The average Bonchev–Trinajstić information content (AvgIpc) is 2.35. The van der Waals surface area contributed by atoms with Crippen LogP contribution < -0.4 is 5.73 Å². The summed E-state index contributed by atoms with van der Waals surface area (Å²) in [4.78, 5) is 15.9. The fourth-order valence-electron chi connectivity index (χ4n) is 2.03. The van der Waals surface area contributed by atoms with Crippen molar-refractivity contribution in [2.75, 3.05) is 0 Å². The van der Waals surface area contributed by atoms with Crippen LogP contribution in [0.5, 0.6) is 0 Å². The highest BCUT2D eigenvalue weighted by Crippen LogP contribution is 2.24. The molecule has 88 valence electrons. The highest BCUT2D eigenvalue weighted by molar-refractivity contribution is 9.10. The summed E-state index contributed by atoms with van der Waals surface area (Å²) in [5, 5.41) is 1.94. The Bertz CT molecular complexity index is 783. The van der Waals surface area contributed by atoms with Crippen molar-refractivity contribution in [3.63, 3.8) is 0 Å². The lowest BCUT2D eigenvalue weighted by Gasteiger charge is -2.05. The largest absolute Gasteiger partial charge is 0.366 e. The van der Waals surface area contributed by atoms with Gasteiger partial charge in [-0.25, -0.2) is 4.98 Å². The summed E-state index contributed by atoms with van der Waals surface area (Å²) in [6.07, 6.45) is 0. The van der Waals surface area contributed by atoms with Crippen LogP contribution in [-0.4, -0.2) is 10.9 Å². The molecule has 0 spiro atoms. The lowest BCUT2D eigenvalue weighted by atomic mass is 10.1. The first-order valence-electron chi connectivity index (χ1n) is 5.44. The Labute approximate surface area is 112 Å². The molecule has 2 aromatic carbocycles. The summed E-state index contributed by atoms with van der Waals surface area (Å²) in [6, 6.07) is 13.3. The molecule has 4 heteroatoms. The summed E-state index contributed by atoms with van der Waals surface area (Å²) < 4.78 is 1.00. The number of halogens is 1. The summed E-state index contributed by atoms with van der Waals surface area (Å²) in [7, 11) is 0. The van der Waals surface area contributed by atoms with E-state index in [1.54, 1.807) is 6.07 Å². The summed E-state index contributed by atoms with van der Waals surface area (Å²) >= 11 is 3.43. The maximum atomic E-state index is 11.4. The quantitative estimate of drug-likeness (QED) is 0.701. The molecular weight excluding hydrogens is 292 g/mol. The van der Waals surface area contributed by atoms with Crippen molar-refractivity contribution < 1.29 is 4.79 Å². The van der Waals surface area contributed by atoms with Crippen LogP contribution in [0.3, 0.4) is 0 Å². The molecule has 0 saturated heterocycles. The number of nitrogens with zero attached hydrogens (tertiary/aromatic N) is 1. The van der Waals surface area contributed by atoms with Crippen molar-refractivity contribution in [2.45, 2.75) is 0 Å². The number of aromatic nitrogens is 1. The number of hydrogen-bond acceptors (Lipinski definition) is 2. The molecule has 3 nitrogen and oxygen atoms in total. The smallest absolute Gasteiger partial charge is 0.250 e. The van der Waals surface area contributed by atoms with Crippen molar-refractivity contribution >= 4 is 43.6 Å². The van der Waals surface area contributed by atoms with Crippen molar-refractivity contribution in [1.82, 2.24) is 4.98 Å². The molecule has 1 heterocycles. The molecule has 18 heavy (non-hydrogen) atoms. The van der Waals surface area contributed by atoms with E-state index in [0.717, 1.165) is 20.8 Å². The lowest BCUT2D eigenvalue weighted by Crippen LogP contribution is -2.11. The number of amides is 1. The Morgan fingerprint density at radius 3 is 2.72 bits per heavy atom. The molecule has 3 aromatic rings. The Morgan fingerprint density at radius 1 is 1.11 bits per heavy atom.